The molecule has 0 fully saturated rings. The Morgan fingerprint density at radius 2 is 2.05 bits per heavy atom. The lowest BCUT2D eigenvalue weighted by atomic mass is 10.1. The third-order valence-electron chi connectivity index (χ3n) is 3.24. The zero-order chi connectivity index (χ0) is 15.7. The molecule has 0 aliphatic carbocycles. The van der Waals surface area contributed by atoms with Crippen molar-refractivity contribution in [2.24, 2.45) is 10.9 Å². The highest BCUT2D eigenvalue weighted by atomic mass is 16.5. The van der Waals surface area contributed by atoms with Gasteiger partial charge in [-0.3, -0.25) is 4.99 Å². The van der Waals surface area contributed by atoms with Crippen LogP contribution < -0.4 is 15.4 Å². The number of rotatable bonds is 7. The van der Waals surface area contributed by atoms with Crippen molar-refractivity contribution in [3.63, 3.8) is 0 Å². The van der Waals surface area contributed by atoms with Crippen LogP contribution in [0.5, 0.6) is 5.75 Å². The third kappa shape index (κ3) is 6.52. The van der Waals surface area contributed by atoms with Crippen LogP contribution in [-0.4, -0.2) is 26.2 Å². The van der Waals surface area contributed by atoms with Crippen LogP contribution in [0.2, 0.25) is 0 Å². The number of aryl methyl sites for hydroxylation is 1. The molecule has 0 radical (unpaired) electrons. The van der Waals surface area contributed by atoms with Gasteiger partial charge in [-0.1, -0.05) is 26.0 Å². The first-order valence-corrected chi connectivity index (χ1v) is 7.73. The van der Waals surface area contributed by atoms with Crippen molar-refractivity contribution >= 4 is 5.96 Å². The normalized spacial score (nSPS) is 11.6. The number of benzene rings is 1. The molecule has 0 saturated heterocycles. The van der Waals surface area contributed by atoms with Crippen molar-refractivity contribution in [3.8, 4) is 5.75 Å². The van der Waals surface area contributed by atoms with Gasteiger partial charge in [0.05, 0.1) is 6.61 Å². The molecule has 0 saturated carbocycles. The molecule has 0 bridgehead atoms. The predicted molar refractivity (Wildman–Crippen MR) is 90.0 cm³/mol. The van der Waals surface area contributed by atoms with E-state index in [1.165, 1.54) is 11.1 Å². The van der Waals surface area contributed by atoms with Crippen LogP contribution in [0.4, 0.5) is 0 Å². The SMILES string of the molecule is CCOc1ccc(CNC(=NC)NCCC(C)C)cc1C. The molecule has 0 heterocycles. The summed E-state index contributed by atoms with van der Waals surface area (Å²) in [4.78, 5) is 4.24. The van der Waals surface area contributed by atoms with E-state index in [0.29, 0.717) is 12.5 Å². The number of nitrogens with zero attached hydrogens (tertiary/aromatic N) is 1. The summed E-state index contributed by atoms with van der Waals surface area (Å²) in [5.74, 6) is 2.51. The molecule has 0 aromatic heterocycles. The Balaban J connectivity index is 2.47. The molecule has 1 rings (SSSR count). The first-order chi connectivity index (χ1) is 10.1. The van der Waals surface area contributed by atoms with Gasteiger partial charge in [0.15, 0.2) is 5.96 Å². The Morgan fingerprint density at radius 1 is 1.29 bits per heavy atom. The van der Waals surface area contributed by atoms with Gasteiger partial charge in [-0.2, -0.15) is 0 Å². The lowest BCUT2D eigenvalue weighted by Crippen LogP contribution is -2.37. The van der Waals surface area contributed by atoms with Gasteiger partial charge < -0.3 is 15.4 Å². The smallest absolute Gasteiger partial charge is 0.191 e. The van der Waals surface area contributed by atoms with Crippen molar-refractivity contribution in [2.45, 2.75) is 40.7 Å². The molecule has 4 nitrogen and oxygen atoms in total. The quantitative estimate of drug-likeness (QED) is 0.599. The van der Waals surface area contributed by atoms with Gasteiger partial charge in [-0.25, -0.2) is 0 Å². The Labute approximate surface area is 129 Å². The standard InChI is InChI=1S/C17H29N3O/c1-6-21-16-8-7-15(11-14(16)4)12-20-17(18-5)19-10-9-13(2)3/h7-8,11,13H,6,9-10,12H2,1-5H3,(H2,18,19,20). The molecule has 0 aliphatic rings. The third-order valence-corrected chi connectivity index (χ3v) is 3.24. The van der Waals surface area contributed by atoms with E-state index in [0.717, 1.165) is 31.2 Å². The van der Waals surface area contributed by atoms with Gasteiger partial charge >= 0.3 is 0 Å². The molecule has 21 heavy (non-hydrogen) atoms. The molecule has 0 spiro atoms. The molecular weight excluding hydrogens is 262 g/mol. The highest BCUT2D eigenvalue weighted by molar-refractivity contribution is 5.79. The lowest BCUT2D eigenvalue weighted by Gasteiger charge is -2.14. The number of ether oxygens (including phenoxy) is 1. The summed E-state index contributed by atoms with van der Waals surface area (Å²) in [6.07, 6.45) is 1.14. The van der Waals surface area contributed by atoms with Crippen molar-refractivity contribution in [1.29, 1.82) is 0 Å². The minimum atomic E-state index is 0.698. The van der Waals surface area contributed by atoms with Crippen LogP contribution in [0.25, 0.3) is 0 Å². The van der Waals surface area contributed by atoms with Crippen LogP contribution in [0.3, 0.4) is 0 Å². The maximum Gasteiger partial charge on any atom is 0.191 e. The first-order valence-electron chi connectivity index (χ1n) is 7.73. The molecule has 1 aromatic carbocycles. The maximum atomic E-state index is 5.56. The van der Waals surface area contributed by atoms with Gasteiger partial charge in [0.1, 0.15) is 5.75 Å². The maximum absolute atomic E-state index is 5.56. The van der Waals surface area contributed by atoms with Gasteiger partial charge in [0.2, 0.25) is 0 Å². The van der Waals surface area contributed by atoms with E-state index in [4.69, 9.17) is 4.74 Å². The zero-order valence-electron chi connectivity index (χ0n) is 14.0. The van der Waals surface area contributed by atoms with Crippen LogP contribution in [0.15, 0.2) is 23.2 Å². The molecule has 0 aliphatic heterocycles. The Morgan fingerprint density at radius 3 is 2.62 bits per heavy atom. The van der Waals surface area contributed by atoms with Crippen molar-refractivity contribution < 1.29 is 4.74 Å². The largest absolute Gasteiger partial charge is 0.494 e. The molecular formula is C17H29N3O. The molecule has 118 valence electrons. The molecule has 1 aromatic rings. The van der Waals surface area contributed by atoms with E-state index >= 15 is 0 Å². The van der Waals surface area contributed by atoms with Crippen LogP contribution >= 0.6 is 0 Å². The Kier molecular flexibility index (Phi) is 7.65. The van der Waals surface area contributed by atoms with Gasteiger partial charge in [0, 0.05) is 20.1 Å². The van der Waals surface area contributed by atoms with Crippen LogP contribution in [0.1, 0.15) is 38.3 Å². The van der Waals surface area contributed by atoms with E-state index in [9.17, 15) is 0 Å². The number of nitrogens with one attached hydrogen (secondary N) is 2. The molecule has 0 amide bonds. The Hall–Kier alpha value is -1.71. The number of hydrogen-bond acceptors (Lipinski definition) is 2. The summed E-state index contributed by atoms with van der Waals surface area (Å²) in [6.45, 7) is 10.9. The number of aliphatic imine (C=N–C) groups is 1. The average Bonchev–Trinajstić information content (AvgIpc) is 2.45. The molecule has 0 unspecified atom stereocenters. The van der Waals surface area contributed by atoms with Gasteiger partial charge in [0.25, 0.3) is 0 Å². The topological polar surface area (TPSA) is 45.6 Å². The van der Waals surface area contributed by atoms with Crippen molar-refractivity contribution in [3.05, 3.63) is 29.3 Å². The van der Waals surface area contributed by atoms with E-state index in [1.807, 2.05) is 13.0 Å². The predicted octanol–water partition coefficient (Wildman–Crippen LogP) is 3.10. The lowest BCUT2D eigenvalue weighted by molar-refractivity contribution is 0.338. The van der Waals surface area contributed by atoms with Crippen LogP contribution in [-0.2, 0) is 6.54 Å². The average molecular weight is 291 g/mol. The van der Waals surface area contributed by atoms with E-state index < -0.39 is 0 Å². The summed E-state index contributed by atoms with van der Waals surface area (Å²) < 4.78 is 5.56. The van der Waals surface area contributed by atoms with Crippen LogP contribution in [0, 0.1) is 12.8 Å². The summed E-state index contributed by atoms with van der Waals surface area (Å²) in [5.41, 5.74) is 2.39. The van der Waals surface area contributed by atoms with Crippen molar-refractivity contribution in [2.75, 3.05) is 20.2 Å². The van der Waals surface area contributed by atoms with E-state index in [1.54, 1.807) is 7.05 Å². The summed E-state index contributed by atoms with van der Waals surface area (Å²) in [5, 5.41) is 6.67. The molecule has 2 N–H and O–H groups in total. The fourth-order valence-corrected chi connectivity index (χ4v) is 2.02. The van der Waals surface area contributed by atoms with Gasteiger partial charge in [-0.05, 0) is 43.4 Å². The number of guanidine groups is 1. The highest BCUT2D eigenvalue weighted by Gasteiger charge is 2.02. The minimum absolute atomic E-state index is 0.698. The zero-order valence-corrected chi connectivity index (χ0v) is 14.0. The second-order valence-electron chi connectivity index (χ2n) is 5.57. The highest BCUT2D eigenvalue weighted by Crippen LogP contribution is 2.18. The number of hydrogen-bond donors (Lipinski definition) is 2. The first kappa shape index (κ1) is 17.3. The van der Waals surface area contributed by atoms with E-state index in [2.05, 4.69) is 48.5 Å². The summed E-state index contributed by atoms with van der Waals surface area (Å²) >= 11 is 0. The monoisotopic (exact) mass is 291 g/mol. The van der Waals surface area contributed by atoms with Crippen molar-refractivity contribution in [1.82, 2.24) is 10.6 Å². The van der Waals surface area contributed by atoms with E-state index in [-0.39, 0.29) is 0 Å². The Bertz CT molecular complexity index is 455. The summed E-state index contributed by atoms with van der Waals surface area (Å²) in [7, 11) is 1.80. The second kappa shape index (κ2) is 9.27. The fourth-order valence-electron chi connectivity index (χ4n) is 2.02. The second-order valence-corrected chi connectivity index (χ2v) is 5.57. The van der Waals surface area contributed by atoms with Gasteiger partial charge in [-0.15, -0.1) is 0 Å². The molecule has 0 atom stereocenters. The molecule has 4 heteroatoms. The summed E-state index contributed by atoms with van der Waals surface area (Å²) in [6, 6.07) is 6.27. The fraction of sp³-hybridized carbons (Fsp3) is 0.588. The minimum Gasteiger partial charge on any atom is -0.494 e.